The van der Waals surface area contributed by atoms with Crippen molar-refractivity contribution in [2.75, 3.05) is 27.2 Å². The molecule has 1 heterocycles. The van der Waals surface area contributed by atoms with Crippen LogP contribution in [0.4, 0.5) is 0 Å². The summed E-state index contributed by atoms with van der Waals surface area (Å²) in [6, 6.07) is 2.66. The van der Waals surface area contributed by atoms with E-state index in [0.717, 1.165) is 58.0 Å². The Kier molecular flexibility index (Phi) is 4.46. The molecule has 0 aromatic rings. The van der Waals surface area contributed by atoms with Crippen molar-refractivity contribution in [2.45, 2.75) is 51.0 Å². The highest BCUT2D eigenvalue weighted by Crippen LogP contribution is 2.39. The number of likely N-dealkylation sites (tertiary alicyclic amines) is 1. The van der Waals surface area contributed by atoms with Crippen LogP contribution in [0, 0.1) is 16.7 Å². The van der Waals surface area contributed by atoms with Crippen LogP contribution in [0.1, 0.15) is 44.9 Å². The summed E-state index contributed by atoms with van der Waals surface area (Å²) in [5, 5.41) is 9.53. The van der Waals surface area contributed by atoms with Gasteiger partial charge in [0, 0.05) is 19.1 Å². The number of rotatable bonds is 3. The molecule has 1 saturated heterocycles. The van der Waals surface area contributed by atoms with E-state index < -0.39 is 5.41 Å². The van der Waals surface area contributed by atoms with Crippen molar-refractivity contribution in [3.63, 3.8) is 0 Å². The molecule has 0 aromatic heterocycles. The summed E-state index contributed by atoms with van der Waals surface area (Å²) in [5.74, 6) is 0.110. The number of amides is 1. The van der Waals surface area contributed by atoms with Gasteiger partial charge in [-0.1, -0.05) is 19.3 Å². The highest BCUT2D eigenvalue weighted by atomic mass is 16.2. The highest BCUT2D eigenvalue weighted by molar-refractivity contribution is 5.86. The highest BCUT2D eigenvalue weighted by Gasteiger charge is 2.45. The summed E-state index contributed by atoms with van der Waals surface area (Å²) in [4.78, 5) is 17.0. The Morgan fingerprint density at radius 3 is 2.58 bits per heavy atom. The second-order valence-corrected chi connectivity index (χ2v) is 6.31. The van der Waals surface area contributed by atoms with Gasteiger partial charge >= 0.3 is 0 Å². The number of likely N-dealkylation sites (N-methyl/N-ethyl adjacent to an activating group) is 1. The number of hydrogen-bond acceptors (Lipinski definition) is 3. The average Bonchev–Trinajstić information content (AvgIpc) is 2.85. The summed E-state index contributed by atoms with van der Waals surface area (Å²) in [5.41, 5.74) is -0.715. The molecule has 4 nitrogen and oxygen atoms in total. The maximum atomic E-state index is 12.8. The lowest BCUT2D eigenvalue weighted by Crippen LogP contribution is -2.49. The number of carbonyl (C=O) groups is 1. The molecule has 2 aliphatic rings. The Balaban J connectivity index is 2.11. The number of nitriles is 1. The molecule has 0 radical (unpaired) electrons. The topological polar surface area (TPSA) is 47.3 Å². The molecule has 106 valence electrons. The van der Waals surface area contributed by atoms with Crippen LogP contribution in [0.25, 0.3) is 0 Å². The maximum absolute atomic E-state index is 12.8. The molecule has 1 unspecified atom stereocenters. The minimum atomic E-state index is -0.715. The lowest BCUT2D eigenvalue weighted by Gasteiger charge is -2.36. The molecular weight excluding hydrogens is 238 g/mol. The Labute approximate surface area is 116 Å². The maximum Gasteiger partial charge on any atom is 0.243 e. The SMILES string of the molecule is CN(C)CC1CCCN1C(=O)C1(C#N)CCCCC1. The van der Waals surface area contributed by atoms with Crippen molar-refractivity contribution >= 4 is 5.91 Å². The van der Waals surface area contributed by atoms with Crippen molar-refractivity contribution in [3.8, 4) is 6.07 Å². The minimum absolute atomic E-state index is 0.110. The Bertz CT molecular complexity index is 366. The summed E-state index contributed by atoms with van der Waals surface area (Å²) >= 11 is 0. The van der Waals surface area contributed by atoms with Crippen LogP contribution in [0.3, 0.4) is 0 Å². The molecule has 2 fully saturated rings. The van der Waals surface area contributed by atoms with E-state index >= 15 is 0 Å². The molecule has 1 atom stereocenters. The molecule has 0 aromatic carbocycles. The van der Waals surface area contributed by atoms with Crippen LogP contribution in [-0.2, 0) is 4.79 Å². The van der Waals surface area contributed by atoms with Gasteiger partial charge in [0.2, 0.25) is 5.91 Å². The predicted molar refractivity (Wildman–Crippen MR) is 74.4 cm³/mol. The van der Waals surface area contributed by atoms with E-state index in [1.807, 2.05) is 19.0 Å². The second kappa shape index (κ2) is 5.92. The molecule has 19 heavy (non-hydrogen) atoms. The van der Waals surface area contributed by atoms with E-state index in [2.05, 4.69) is 11.0 Å². The third kappa shape index (κ3) is 2.92. The molecule has 1 aliphatic carbocycles. The fourth-order valence-corrected chi connectivity index (χ4v) is 3.52. The van der Waals surface area contributed by atoms with Gasteiger partial charge in [-0.25, -0.2) is 0 Å². The van der Waals surface area contributed by atoms with Crippen LogP contribution < -0.4 is 0 Å². The Hall–Kier alpha value is -1.08. The van der Waals surface area contributed by atoms with Crippen molar-refractivity contribution in [1.29, 1.82) is 5.26 Å². The van der Waals surface area contributed by atoms with Crippen molar-refractivity contribution < 1.29 is 4.79 Å². The molecule has 2 rings (SSSR count). The van der Waals surface area contributed by atoms with E-state index in [1.165, 1.54) is 0 Å². The standard InChI is InChI=1S/C15H25N3O/c1-17(2)11-13-7-6-10-18(13)14(19)15(12-16)8-4-3-5-9-15/h13H,3-11H2,1-2H3. The second-order valence-electron chi connectivity index (χ2n) is 6.31. The first-order chi connectivity index (χ1) is 9.09. The molecule has 1 aliphatic heterocycles. The molecular formula is C15H25N3O. The van der Waals surface area contributed by atoms with Gasteiger partial charge in [0.25, 0.3) is 0 Å². The zero-order valence-electron chi connectivity index (χ0n) is 12.2. The molecule has 0 spiro atoms. The predicted octanol–water partition coefficient (Wildman–Crippen LogP) is 2.01. The summed E-state index contributed by atoms with van der Waals surface area (Å²) < 4.78 is 0. The van der Waals surface area contributed by atoms with E-state index in [-0.39, 0.29) is 5.91 Å². The van der Waals surface area contributed by atoms with Gasteiger partial charge in [-0.3, -0.25) is 4.79 Å². The van der Waals surface area contributed by atoms with Crippen LogP contribution in [-0.4, -0.2) is 48.9 Å². The van der Waals surface area contributed by atoms with Crippen molar-refractivity contribution in [1.82, 2.24) is 9.80 Å². The van der Waals surface area contributed by atoms with Gasteiger partial charge in [0.15, 0.2) is 0 Å². The average molecular weight is 263 g/mol. The molecule has 1 amide bonds. The minimum Gasteiger partial charge on any atom is -0.337 e. The van der Waals surface area contributed by atoms with Crippen LogP contribution in [0.2, 0.25) is 0 Å². The van der Waals surface area contributed by atoms with Crippen molar-refractivity contribution in [2.24, 2.45) is 5.41 Å². The fraction of sp³-hybridized carbons (Fsp3) is 0.867. The van der Waals surface area contributed by atoms with Gasteiger partial charge in [-0.2, -0.15) is 5.26 Å². The first-order valence-corrected chi connectivity index (χ1v) is 7.46. The van der Waals surface area contributed by atoms with Gasteiger partial charge in [-0.05, 0) is 39.8 Å². The summed E-state index contributed by atoms with van der Waals surface area (Å²) in [7, 11) is 4.09. The number of nitrogens with zero attached hydrogens (tertiary/aromatic N) is 3. The first kappa shape index (κ1) is 14.3. The zero-order valence-corrected chi connectivity index (χ0v) is 12.2. The smallest absolute Gasteiger partial charge is 0.243 e. The fourth-order valence-electron chi connectivity index (χ4n) is 3.52. The molecule has 0 N–H and O–H groups in total. The lowest BCUT2D eigenvalue weighted by molar-refractivity contribution is -0.141. The van der Waals surface area contributed by atoms with Gasteiger partial charge < -0.3 is 9.80 Å². The first-order valence-electron chi connectivity index (χ1n) is 7.46. The van der Waals surface area contributed by atoms with Crippen molar-refractivity contribution in [3.05, 3.63) is 0 Å². The van der Waals surface area contributed by atoms with Gasteiger partial charge in [-0.15, -0.1) is 0 Å². The van der Waals surface area contributed by atoms with E-state index in [4.69, 9.17) is 0 Å². The van der Waals surface area contributed by atoms with Gasteiger partial charge in [0.1, 0.15) is 5.41 Å². The Morgan fingerprint density at radius 1 is 1.32 bits per heavy atom. The van der Waals surface area contributed by atoms with Gasteiger partial charge in [0.05, 0.1) is 6.07 Å². The van der Waals surface area contributed by atoms with E-state index in [1.54, 1.807) is 0 Å². The third-order valence-electron chi connectivity index (χ3n) is 4.54. The Morgan fingerprint density at radius 2 is 2.00 bits per heavy atom. The summed E-state index contributed by atoms with van der Waals surface area (Å²) in [6.07, 6.45) is 6.87. The monoisotopic (exact) mass is 263 g/mol. The quantitative estimate of drug-likeness (QED) is 0.782. The lowest BCUT2D eigenvalue weighted by atomic mass is 9.74. The zero-order chi connectivity index (χ0) is 13.9. The number of carbonyl (C=O) groups excluding carboxylic acids is 1. The van der Waals surface area contributed by atoms with Crippen LogP contribution in [0.15, 0.2) is 0 Å². The number of hydrogen-bond donors (Lipinski definition) is 0. The molecule has 0 bridgehead atoms. The van der Waals surface area contributed by atoms with Crippen LogP contribution >= 0.6 is 0 Å². The molecule has 1 saturated carbocycles. The van der Waals surface area contributed by atoms with Crippen LogP contribution in [0.5, 0.6) is 0 Å². The normalized spacial score (nSPS) is 26.4. The largest absolute Gasteiger partial charge is 0.337 e. The third-order valence-corrected chi connectivity index (χ3v) is 4.54. The summed E-state index contributed by atoms with van der Waals surface area (Å²) in [6.45, 7) is 1.74. The van der Waals surface area contributed by atoms with E-state index in [9.17, 15) is 10.1 Å². The van der Waals surface area contributed by atoms with E-state index in [0.29, 0.717) is 6.04 Å². The molecule has 4 heteroatoms.